The van der Waals surface area contributed by atoms with Gasteiger partial charge in [0.1, 0.15) is 28.7 Å². The van der Waals surface area contributed by atoms with Crippen molar-refractivity contribution in [3.8, 4) is 73.2 Å². The molecule has 14 aromatic rings. The molecule has 0 atom stereocenters. The Morgan fingerprint density at radius 2 is 1.02 bits per heavy atom. The van der Waals surface area contributed by atoms with Gasteiger partial charge in [-0.2, -0.15) is 9.13 Å². The molecule has 0 saturated heterocycles. The maximum absolute atomic E-state index is 9.98. The zero-order chi connectivity index (χ0) is 78.1. The van der Waals surface area contributed by atoms with E-state index in [1.807, 2.05) is 138 Å². The van der Waals surface area contributed by atoms with Crippen molar-refractivity contribution in [1.82, 2.24) is 14.1 Å². The average molecular weight is 1180 g/mol. The van der Waals surface area contributed by atoms with Gasteiger partial charge in [-0.1, -0.05) is 241 Å². The summed E-state index contributed by atoms with van der Waals surface area (Å²) in [5, 5.41) is -0.263. The fraction of sp³-hybridized carbons (Fsp3) is 0.122. The highest BCUT2D eigenvalue weighted by Gasteiger charge is 2.42. The molecule has 0 aliphatic carbocycles. The minimum absolute atomic E-state index is 0.0497. The molecule has 0 fully saturated rings. The van der Waals surface area contributed by atoms with Crippen LogP contribution in [0.4, 0.5) is 0 Å². The molecule has 0 spiro atoms. The van der Waals surface area contributed by atoms with Gasteiger partial charge in [-0.05, 0) is 144 Å². The van der Waals surface area contributed by atoms with Crippen LogP contribution in [0.5, 0.6) is 11.5 Å². The molecule has 88 heavy (non-hydrogen) atoms. The predicted octanol–water partition coefficient (Wildman–Crippen LogP) is 17.8. The number of hydrogen-bond acceptors (Lipinski definition) is 2. The Labute approximate surface area is 546 Å². The largest absolute Gasteiger partial charge is 0.457 e. The number of fused-ring (bicyclic) bond motifs is 10. The Kier molecular flexibility index (Phi) is 8.65. The molecule has 6 heteroatoms. The Morgan fingerprint density at radius 1 is 0.455 bits per heavy atom. The summed E-state index contributed by atoms with van der Waals surface area (Å²) in [6.45, 7) is 7.35. The van der Waals surface area contributed by atoms with Crippen LogP contribution in [0.3, 0.4) is 0 Å². The number of imidazole rings is 1. The number of aryl methyl sites for hydroxylation is 2. The predicted molar refractivity (Wildman–Crippen MR) is 369 cm³/mol. The van der Waals surface area contributed by atoms with E-state index in [-0.39, 0.29) is 33.0 Å². The topological polar surface area (TPSA) is 35.9 Å². The van der Waals surface area contributed by atoms with Crippen molar-refractivity contribution in [3.05, 3.63) is 295 Å². The number of aromatic nitrogens is 4. The van der Waals surface area contributed by atoms with Crippen molar-refractivity contribution in [1.29, 1.82) is 0 Å². The van der Waals surface area contributed by atoms with Crippen molar-refractivity contribution >= 4 is 61.7 Å². The summed E-state index contributed by atoms with van der Waals surface area (Å²) < 4.78 is 205. The summed E-state index contributed by atoms with van der Waals surface area (Å²) in [5.41, 5.74) is 9.81. The van der Waals surface area contributed by atoms with Crippen molar-refractivity contribution in [2.45, 2.75) is 66.1 Å². The number of rotatable bonds is 9. The lowest BCUT2D eigenvalue weighted by molar-refractivity contribution is -0.566. The SMILES string of the molecule is [2H]c1c([2H])c([2H])c([Si](c2ccc3c(c2)-c2cccc(-c4cc(C(C)(C)C)cc(C(C)(C)C)c4)c2-[n+]2cn(-c4cccc(Oc5ccc6c7ccccc7n(-c7cc(C([2H])([2H])[2H])c(C([2H])([2H])[2H])cn7)c6c5)c4)c4cccc(c42)-c2ccccc2-3)(c2c([2H])c([2H])c([2H])c([2H])c2[2H])c2c([2H])c([2H])c([2H])c([2H])c2[2H])c([2H])c1[2H]. The van der Waals surface area contributed by atoms with Crippen molar-refractivity contribution in [3.63, 3.8) is 0 Å². The molecule has 0 N–H and O–H groups in total. The van der Waals surface area contributed by atoms with Gasteiger partial charge in [0.05, 0.1) is 31.6 Å². The minimum Gasteiger partial charge on any atom is -0.457 e. The van der Waals surface area contributed by atoms with E-state index in [0.717, 1.165) is 61.4 Å². The summed E-state index contributed by atoms with van der Waals surface area (Å²) in [5.74, 6) is 1.01. The van der Waals surface area contributed by atoms with Gasteiger partial charge in [-0.3, -0.25) is 4.57 Å². The quantitative estimate of drug-likeness (QED) is 0.0820. The molecule has 0 saturated carbocycles. The standard InChI is InChI=1S/C82H69N4OSi/c1-54-45-78(83-52-55(54)2)86-75-39-21-20-35-70(75)71-43-41-61(50-77(71)86)87-60-26-22-25-59(49-60)84-53-85-79-66(56-46-57(81(3,4)5)48-58(47-56)82(6,7)8)36-23-37-73(79)74-51-65(42-44-69(74)67-33-18-19-34-68(67)72-38-24-40-76(84)80(72)85)88(62-27-12-9-13-28-62,63-29-14-10-15-30-63)64-31-16-11-17-32-64/h9-53H,1-8H3/q+1/i1D3,2D3,9D,10D,11D,12D,13D,14D,15D,16D,17D,27D,28D,29D,30D,31D,32D. The lowest BCUT2D eigenvalue weighted by atomic mass is 9.78. The normalized spacial score (nSPS) is 16.0. The number of nitrogens with zero attached hydrogens (tertiary/aromatic N) is 4. The molecule has 11 aromatic carbocycles. The third-order valence-electron chi connectivity index (χ3n) is 17.0. The van der Waals surface area contributed by atoms with E-state index in [0.29, 0.717) is 56.2 Å². The smallest absolute Gasteiger partial charge is 0.255 e. The maximum atomic E-state index is 9.98. The van der Waals surface area contributed by atoms with Gasteiger partial charge in [-0.25, -0.2) is 4.98 Å². The first-order chi connectivity index (χ1) is 51.4. The van der Waals surface area contributed by atoms with Crippen molar-refractivity contribution < 1.29 is 38.1 Å². The zero-order valence-electron chi connectivity index (χ0n) is 70.0. The number of benzene rings is 11. The van der Waals surface area contributed by atoms with Crippen LogP contribution in [0.2, 0.25) is 0 Å². The fourth-order valence-corrected chi connectivity index (χ4v) is 16.5. The van der Waals surface area contributed by atoms with E-state index in [1.54, 1.807) is 22.8 Å². The molecule has 1 aliphatic rings. The first kappa shape index (κ1) is 36.1. The maximum Gasteiger partial charge on any atom is 0.255 e. The number of ether oxygens (including phenoxy) is 1. The lowest BCUT2D eigenvalue weighted by Gasteiger charge is -2.35. The Morgan fingerprint density at radius 3 is 1.70 bits per heavy atom. The van der Waals surface area contributed by atoms with Gasteiger partial charge in [-0.15, -0.1) is 0 Å². The molecule has 1 aliphatic heterocycles. The Bertz CT molecular complexity index is 5960. The third kappa shape index (κ3) is 9.04. The van der Waals surface area contributed by atoms with E-state index in [4.69, 9.17) is 17.1 Å². The monoisotopic (exact) mass is 1170 g/mol. The molecule has 5 nitrogen and oxygen atoms in total. The zero-order valence-corrected chi connectivity index (χ0v) is 50.0. The van der Waals surface area contributed by atoms with Gasteiger partial charge in [0, 0.05) is 54.0 Å². The third-order valence-corrected chi connectivity index (χ3v) is 21.1. The number of para-hydroxylation sites is 3. The van der Waals surface area contributed by atoms with Crippen molar-refractivity contribution in [2.75, 3.05) is 0 Å². The first-order valence-corrected chi connectivity index (χ1v) is 31.0. The van der Waals surface area contributed by atoms with Crippen LogP contribution in [0.1, 0.15) is 92.6 Å². The van der Waals surface area contributed by atoms with Crippen LogP contribution in [-0.2, 0) is 10.8 Å². The van der Waals surface area contributed by atoms with Crippen LogP contribution in [-0.4, -0.2) is 22.2 Å². The molecular formula is C82H69N4OSi+. The van der Waals surface area contributed by atoms with Crippen LogP contribution in [0.15, 0.2) is 273 Å². The van der Waals surface area contributed by atoms with Gasteiger partial charge in [0.25, 0.3) is 6.33 Å². The molecule has 3 aromatic heterocycles. The number of pyridine rings is 1. The molecule has 0 bridgehead atoms. The van der Waals surface area contributed by atoms with Gasteiger partial charge >= 0.3 is 0 Å². The minimum atomic E-state index is -5.67. The summed E-state index contributed by atoms with van der Waals surface area (Å²) >= 11 is 0. The van der Waals surface area contributed by atoms with Crippen LogP contribution >= 0.6 is 0 Å². The first-order valence-electron chi connectivity index (χ1n) is 39.5. The summed E-state index contributed by atoms with van der Waals surface area (Å²) in [6.07, 6.45) is 3.09. The van der Waals surface area contributed by atoms with Gasteiger partial charge in [0.2, 0.25) is 0 Å². The summed E-state index contributed by atoms with van der Waals surface area (Å²) in [6, 6.07) is 40.2. The van der Waals surface area contributed by atoms with E-state index in [9.17, 15) is 16.4 Å². The molecule has 4 heterocycles. The van der Waals surface area contributed by atoms with Crippen LogP contribution < -0.4 is 30.1 Å². The number of hydrogen-bond donors (Lipinski definition) is 0. The Hall–Kier alpha value is -10.1. The molecule has 0 amide bonds. The van der Waals surface area contributed by atoms with Crippen LogP contribution in [0.25, 0.3) is 94.5 Å². The summed E-state index contributed by atoms with van der Waals surface area (Å²) in [7, 11) is -5.67. The highest BCUT2D eigenvalue weighted by atomic mass is 28.3. The van der Waals surface area contributed by atoms with Crippen LogP contribution in [0, 0.1) is 13.7 Å². The molecule has 0 radical (unpaired) electrons. The average Bonchev–Trinajstić information content (AvgIpc) is 0.794. The van der Waals surface area contributed by atoms with Gasteiger partial charge in [0.15, 0.2) is 19.1 Å². The van der Waals surface area contributed by atoms with E-state index < -0.39 is 128 Å². The fourth-order valence-electron chi connectivity index (χ4n) is 12.7. The molecule has 0 unspecified atom stereocenters. The second-order valence-electron chi connectivity index (χ2n) is 24.3. The lowest BCUT2D eigenvalue weighted by Crippen LogP contribution is -2.74. The summed E-state index contributed by atoms with van der Waals surface area (Å²) in [4.78, 5) is 4.58. The highest BCUT2D eigenvalue weighted by molar-refractivity contribution is 7.20. The molecular weight excluding hydrogens is 1090 g/mol. The van der Waals surface area contributed by atoms with Gasteiger partial charge < -0.3 is 4.74 Å². The van der Waals surface area contributed by atoms with E-state index in [1.165, 1.54) is 6.07 Å². The Balaban J connectivity index is 1.03. The molecule has 426 valence electrons. The second kappa shape index (κ2) is 21.1. The highest BCUT2D eigenvalue weighted by Crippen LogP contribution is 2.46. The second-order valence-corrected chi connectivity index (χ2v) is 27.9. The van der Waals surface area contributed by atoms with Crippen molar-refractivity contribution in [2.24, 2.45) is 0 Å². The molecule has 15 rings (SSSR count). The van der Waals surface area contributed by atoms with E-state index in [2.05, 4.69) is 69.3 Å². The van der Waals surface area contributed by atoms with E-state index >= 15 is 0 Å².